The molecule has 0 aromatic rings. The van der Waals surface area contributed by atoms with Gasteiger partial charge in [0, 0.05) is 0 Å². The maximum absolute atomic E-state index is 11.4. The minimum absolute atomic E-state index is 0. The van der Waals surface area contributed by atoms with E-state index in [-0.39, 0.29) is 62.4 Å². The van der Waals surface area contributed by atoms with E-state index in [1.807, 2.05) is 0 Å². The maximum atomic E-state index is 11.4. The van der Waals surface area contributed by atoms with Crippen molar-refractivity contribution >= 4 is 11.9 Å². The fourth-order valence-corrected chi connectivity index (χ4v) is 2.28. The maximum Gasteiger partial charge on any atom is 1.00 e. The summed E-state index contributed by atoms with van der Waals surface area (Å²) in [4.78, 5) is 22.6. The molecule has 0 spiro atoms. The molecule has 0 saturated carbocycles. The Balaban J connectivity index is -0.00000242. The fourth-order valence-electron chi connectivity index (χ4n) is 2.28. The molecular formula is C19H35NaO4. The van der Waals surface area contributed by atoms with Crippen molar-refractivity contribution in [1.82, 2.24) is 0 Å². The van der Waals surface area contributed by atoms with Gasteiger partial charge in [0.1, 0.15) is 6.61 Å². The summed E-state index contributed by atoms with van der Waals surface area (Å²) in [5.74, 6) is -0.711. The van der Waals surface area contributed by atoms with Gasteiger partial charge in [0.2, 0.25) is 0 Å². The number of esters is 2. The van der Waals surface area contributed by atoms with Gasteiger partial charge in [-0.15, -0.1) is 0 Å². The third-order valence-corrected chi connectivity index (χ3v) is 3.66. The van der Waals surface area contributed by atoms with Gasteiger partial charge in [-0.3, -0.25) is 9.59 Å². The Bertz CT molecular complexity index is 325. The first-order valence-electron chi connectivity index (χ1n) is 9.12. The van der Waals surface area contributed by atoms with Crippen LogP contribution in [0, 0.1) is 0 Å². The first-order valence-corrected chi connectivity index (χ1v) is 9.12. The van der Waals surface area contributed by atoms with E-state index in [9.17, 15) is 9.59 Å². The van der Waals surface area contributed by atoms with E-state index >= 15 is 0 Å². The Morgan fingerprint density at radius 3 is 1.79 bits per heavy atom. The van der Waals surface area contributed by atoms with Crippen molar-refractivity contribution in [3.63, 3.8) is 0 Å². The molecule has 0 aromatic carbocycles. The van der Waals surface area contributed by atoms with Crippen LogP contribution in [0.25, 0.3) is 0 Å². The van der Waals surface area contributed by atoms with Gasteiger partial charge in [0.05, 0.1) is 19.4 Å². The molecule has 0 amide bonds. The molecule has 4 nitrogen and oxygen atoms in total. The predicted molar refractivity (Wildman–Crippen MR) is 94.3 cm³/mol. The molecule has 0 aromatic heterocycles. The normalized spacial score (nSPS) is 9.88. The molecule has 0 heterocycles. The van der Waals surface area contributed by atoms with Gasteiger partial charge in [-0.1, -0.05) is 77.4 Å². The molecule has 24 heavy (non-hydrogen) atoms. The number of hydrogen-bond donors (Lipinski definition) is 0. The van der Waals surface area contributed by atoms with Gasteiger partial charge in [-0.25, -0.2) is 0 Å². The zero-order valence-corrected chi connectivity index (χ0v) is 17.8. The molecule has 0 unspecified atom stereocenters. The topological polar surface area (TPSA) is 52.6 Å². The van der Waals surface area contributed by atoms with Gasteiger partial charge in [0.25, 0.3) is 0 Å². The van der Waals surface area contributed by atoms with Gasteiger partial charge in [0.15, 0.2) is 0 Å². The molecule has 0 saturated heterocycles. The summed E-state index contributed by atoms with van der Waals surface area (Å²) in [6.45, 7) is 6.33. The summed E-state index contributed by atoms with van der Waals surface area (Å²) in [5.41, 5.74) is 0. The Kier molecular flexibility index (Phi) is 22.4. The van der Waals surface area contributed by atoms with E-state index in [1.54, 1.807) is 0 Å². The van der Waals surface area contributed by atoms with E-state index < -0.39 is 0 Å². The second kappa shape index (κ2) is 20.7. The van der Waals surface area contributed by atoms with Crippen molar-refractivity contribution in [3.8, 4) is 0 Å². The average molecular weight is 350 g/mol. The van der Waals surface area contributed by atoms with Crippen molar-refractivity contribution in [2.45, 2.75) is 84.0 Å². The van der Waals surface area contributed by atoms with Crippen LogP contribution in [0.2, 0.25) is 0 Å². The second-order valence-corrected chi connectivity index (χ2v) is 5.87. The SMILES string of the molecule is C=CCOC(=O)CCC(=O)OCCCCCCCCCCCC.[H-].[Na+]. The van der Waals surface area contributed by atoms with Gasteiger partial charge in [-0.05, 0) is 6.42 Å². The zero-order chi connectivity index (χ0) is 17.2. The molecule has 0 aliphatic rings. The zero-order valence-electron chi connectivity index (χ0n) is 16.8. The molecule has 0 aliphatic heterocycles. The molecule has 0 bridgehead atoms. The van der Waals surface area contributed by atoms with Crippen molar-refractivity contribution in [1.29, 1.82) is 0 Å². The van der Waals surface area contributed by atoms with E-state index in [2.05, 4.69) is 13.5 Å². The van der Waals surface area contributed by atoms with Crippen LogP contribution >= 0.6 is 0 Å². The number of ether oxygens (including phenoxy) is 2. The second-order valence-electron chi connectivity index (χ2n) is 5.87. The van der Waals surface area contributed by atoms with Crippen LogP contribution in [0.1, 0.15) is 85.4 Å². The fraction of sp³-hybridized carbons (Fsp3) is 0.789. The summed E-state index contributed by atoms with van der Waals surface area (Å²) in [5, 5.41) is 0. The molecule has 0 radical (unpaired) electrons. The summed E-state index contributed by atoms with van der Waals surface area (Å²) in [6, 6.07) is 0. The molecule has 0 aliphatic carbocycles. The molecule has 136 valence electrons. The van der Waals surface area contributed by atoms with E-state index in [0.29, 0.717) is 6.61 Å². The minimum atomic E-state index is -0.388. The number of carbonyl (C=O) groups excluding carboxylic acids is 2. The van der Waals surface area contributed by atoms with Crippen LogP contribution in [0.15, 0.2) is 12.7 Å². The van der Waals surface area contributed by atoms with Crippen LogP contribution in [0.5, 0.6) is 0 Å². The third kappa shape index (κ3) is 19.7. The van der Waals surface area contributed by atoms with Gasteiger partial charge >= 0.3 is 41.5 Å². The van der Waals surface area contributed by atoms with Crippen molar-refractivity contribution in [2.75, 3.05) is 13.2 Å². The molecule has 0 N–H and O–H groups in total. The van der Waals surface area contributed by atoms with Crippen molar-refractivity contribution < 1.29 is 50.0 Å². The molecule has 0 fully saturated rings. The predicted octanol–water partition coefficient (Wildman–Crippen LogP) is 2.08. The summed E-state index contributed by atoms with van der Waals surface area (Å²) < 4.78 is 9.89. The van der Waals surface area contributed by atoms with E-state index in [0.717, 1.165) is 12.8 Å². The summed E-state index contributed by atoms with van der Waals surface area (Å²) in [7, 11) is 0. The van der Waals surface area contributed by atoms with Crippen LogP contribution in [-0.2, 0) is 19.1 Å². The molecule has 0 atom stereocenters. The number of hydrogen-bond acceptors (Lipinski definition) is 4. The van der Waals surface area contributed by atoms with E-state index in [4.69, 9.17) is 9.47 Å². The Hall–Kier alpha value is -0.320. The summed E-state index contributed by atoms with van der Waals surface area (Å²) in [6.07, 6.45) is 14.2. The van der Waals surface area contributed by atoms with E-state index in [1.165, 1.54) is 57.4 Å². The number of rotatable bonds is 16. The van der Waals surface area contributed by atoms with Crippen molar-refractivity contribution in [3.05, 3.63) is 12.7 Å². The largest absolute Gasteiger partial charge is 1.00 e. The third-order valence-electron chi connectivity index (χ3n) is 3.66. The van der Waals surface area contributed by atoms with Crippen molar-refractivity contribution in [2.24, 2.45) is 0 Å². The first-order chi connectivity index (χ1) is 11.2. The number of carbonyl (C=O) groups is 2. The monoisotopic (exact) mass is 350 g/mol. The van der Waals surface area contributed by atoms with Crippen LogP contribution in [-0.4, -0.2) is 25.2 Å². The minimum Gasteiger partial charge on any atom is -1.00 e. The summed E-state index contributed by atoms with van der Waals surface area (Å²) >= 11 is 0. The average Bonchev–Trinajstić information content (AvgIpc) is 2.56. The Morgan fingerprint density at radius 2 is 1.29 bits per heavy atom. The van der Waals surface area contributed by atoms with Crippen LogP contribution in [0.3, 0.4) is 0 Å². The quantitative estimate of drug-likeness (QED) is 0.185. The Labute approximate surface area is 171 Å². The van der Waals surface area contributed by atoms with Crippen LogP contribution in [0.4, 0.5) is 0 Å². The van der Waals surface area contributed by atoms with Gasteiger partial charge < -0.3 is 10.9 Å². The first kappa shape index (κ1) is 25.9. The smallest absolute Gasteiger partial charge is 1.00 e. The molecular weight excluding hydrogens is 315 g/mol. The van der Waals surface area contributed by atoms with Gasteiger partial charge in [-0.2, -0.15) is 0 Å². The number of unbranched alkanes of at least 4 members (excludes halogenated alkanes) is 9. The van der Waals surface area contributed by atoms with Crippen LogP contribution < -0.4 is 29.6 Å². The standard InChI is InChI=1S/C19H34O4.Na.H/c1-3-5-6-7-8-9-10-11-12-13-17-23-19(21)15-14-18(20)22-16-4-2;;/h4H,2-3,5-17H2,1H3;;/q;+1;-1. The Morgan fingerprint density at radius 1 is 0.833 bits per heavy atom. The molecule has 0 rings (SSSR count). The molecule has 5 heteroatoms.